The number of hydrogen-bond acceptors (Lipinski definition) is 4. The van der Waals surface area contributed by atoms with Crippen molar-refractivity contribution in [3.05, 3.63) is 86.8 Å². The van der Waals surface area contributed by atoms with Gasteiger partial charge in [-0.05, 0) is 30.0 Å². The largest absolute Gasteiger partial charge is 0.288 e. The number of fused-ring (bicyclic) bond motifs is 1. The number of hydrogen-bond donors (Lipinski definition) is 0. The van der Waals surface area contributed by atoms with E-state index in [0.29, 0.717) is 38.5 Å². The highest BCUT2D eigenvalue weighted by molar-refractivity contribution is 7.98. The van der Waals surface area contributed by atoms with Crippen LogP contribution in [0.4, 0.5) is 0 Å². The molecule has 0 saturated carbocycles. The highest BCUT2D eigenvalue weighted by Crippen LogP contribution is 2.34. The Morgan fingerprint density at radius 1 is 1.04 bits per heavy atom. The van der Waals surface area contributed by atoms with E-state index in [1.807, 2.05) is 36.6 Å². The lowest BCUT2D eigenvalue weighted by Gasteiger charge is -2.14. The summed E-state index contributed by atoms with van der Waals surface area (Å²) >= 11 is 14.2. The molecule has 4 rings (SSSR count). The molecule has 0 spiro atoms. The quantitative estimate of drug-likeness (QED) is 0.317. The van der Waals surface area contributed by atoms with Crippen molar-refractivity contribution in [2.24, 2.45) is 0 Å². The third kappa shape index (κ3) is 3.53. The molecule has 4 aromatic rings. The summed E-state index contributed by atoms with van der Waals surface area (Å²) in [5, 5.41) is 2.21. The molecular formula is C21H15Cl2N3OS. The van der Waals surface area contributed by atoms with E-state index in [-0.39, 0.29) is 5.56 Å². The predicted molar refractivity (Wildman–Crippen MR) is 117 cm³/mol. The molecule has 2 heterocycles. The first-order chi connectivity index (χ1) is 13.6. The maximum absolute atomic E-state index is 13.5. The van der Waals surface area contributed by atoms with Crippen molar-refractivity contribution in [3.8, 4) is 11.1 Å². The van der Waals surface area contributed by atoms with Crippen LogP contribution in [0.2, 0.25) is 10.0 Å². The zero-order valence-electron chi connectivity index (χ0n) is 14.9. The van der Waals surface area contributed by atoms with Gasteiger partial charge in [0.15, 0.2) is 5.16 Å². The molecule has 140 valence electrons. The molecule has 0 saturated heterocycles. The van der Waals surface area contributed by atoms with Crippen LogP contribution >= 0.6 is 35.0 Å². The Morgan fingerprint density at radius 2 is 1.75 bits per heavy atom. The summed E-state index contributed by atoms with van der Waals surface area (Å²) < 4.78 is 1.65. The van der Waals surface area contributed by atoms with Gasteiger partial charge >= 0.3 is 0 Å². The molecule has 0 atom stereocenters. The lowest BCUT2D eigenvalue weighted by atomic mass is 10.1. The van der Waals surface area contributed by atoms with Crippen molar-refractivity contribution < 1.29 is 0 Å². The Balaban J connectivity index is 2.03. The summed E-state index contributed by atoms with van der Waals surface area (Å²) in [4.78, 5) is 22.4. The van der Waals surface area contributed by atoms with Gasteiger partial charge in [-0.1, -0.05) is 71.4 Å². The van der Waals surface area contributed by atoms with E-state index in [2.05, 4.69) is 9.97 Å². The summed E-state index contributed by atoms with van der Waals surface area (Å²) in [5.74, 6) is 0. The third-order valence-electron chi connectivity index (χ3n) is 4.40. The average Bonchev–Trinajstić information content (AvgIpc) is 2.71. The van der Waals surface area contributed by atoms with Gasteiger partial charge in [0.25, 0.3) is 5.56 Å². The lowest BCUT2D eigenvalue weighted by molar-refractivity contribution is 0.773. The van der Waals surface area contributed by atoms with Crippen LogP contribution < -0.4 is 5.56 Å². The maximum atomic E-state index is 13.5. The minimum Gasteiger partial charge on any atom is -0.288 e. The zero-order valence-corrected chi connectivity index (χ0v) is 17.2. The molecule has 28 heavy (non-hydrogen) atoms. The fraction of sp³-hybridized carbons (Fsp3) is 0.0952. The molecular weight excluding hydrogens is 413 g/mol. The summed E-state index contributed by atoms with van der Waals surface area (Å²) in [6, 6.07) is 16.7. The van der Waals surface area contributed by atoms with E-state index >= 15 is 0 Å². The lowest BCUT2D eigenvalue weighted by Crippen LogP contribution is -2.24. The highest BCUT2D eigenvalue weighted by Gasteiger charge is 2.17. The normalized spacial score (nSPS) is 11.1. The Hall–Kier alpha value is -2.34. The second-order valence-corrected chi connectivity index (χ2v) is 7.76. The molecule has 0 aliphatic carbocycles. The molecule has 2 aromatic carbocycles. The van der Waals surface area contributed by atoms with E-state index in [9.17, 15) is 4.79 Å². The first-order valence-corrected chi connectivity index (χ1v) is 10.5. The third-order valence-corrected chi connectivity index (χ3v) is 5.59. The molecule has 0 amide bonds. The number of thioether (sulfide) groups is 1. The van der Waals surface area contributed by atoms with Gasteiger partial charge in [0.2, 0.25) is 0 Å². The van der Waals surface area contributed by atoms with Gasteiger partial charge in [-0.3, -0.25) is 9.36 Å². The molecule has 4 nitrogen and oxygen atoms in total. The Morgan fingerprint density at radius 3 is 2.43 bits per heavy atom. The minimum atomic E-state index is -0.197. The van der Waals surface area contributed by atoms with Gasteiger partial charge in [-0.15, -0.1) is 0 Å². The minimum absolute atomic E-state index is 0.197. The van der Waals surface area contributed by atoms with E-state index in [4.69, 9.17) is 23.2 Å². The van der Waals surface area contributed by atoms with Crippen LogP contribution in [0.3, 0.4) is 0 Å². The van der Waals surface area contributed by atoms with Crippen LogP contribution in [0, 0.1) is 0 Å². The SMILES string of the molecule is CSc1ncc2cc(-c3c(Cl)cccc3Cl)c(=O)n(Cc3ccccc3)c2n1. The standard InChI is InChI=1S/C21H15Cl2N3OS/c1-28-21-24-11-14-10-15(18-16(22)8-5-9-17(18)23)20(27)26(19(14)25-21)12-13-6-3-2-4-7-13/h2-11H,12H2,1H3. The molecule has 0 N–H and O–H groups in total. The molecule has 0 fully saturated rings. The first-order valence-electron chi connectivity index (χ1n) is 8.51. The number of aromatic nitrogens is 3. The van der Waals surface area contributed by atoms with Crippen molar-refractivity contribution >= 4 is 46.0 Å². The van der Waals surface area contributed by atoms with E-state index < -0.39 is 0 Å². The van der Waals surface area contributed by atoms with Crippen LogP contribution in [-0.2, 0) is 6.54 Å². The van der Waals surface area contributed by atoms with Crippen LogP contribution in [0.1, 0.15) is 5.56 Å². The first kappa shape index (κ1) is 19.0. The average molecular weight is 428 g/mol. The van der Waals surface area contributed by atoms with Crippen molar-refractivity contribution in [2.45, 2.75) is 11.7 Å². The maximum Gasteiger partial charge on any atom is 0.260 e. The predicted octanol–water partition coefficient (Wildman–Crippen LogP) is 5.54. The van der Waals surface area contributed by atoms with Gasteiger partial charge in [0.1, 0.15) is 5.65 Å². The molecule has 2 aromatic heterocycles. The topological polar surface area (TPSA) is 47.8 Å². The van der Waals surface area contributed by atoms with Crippen molar-refractivity contribution in [3.63, 3.8) is 0 Å². The number of halogens is 2. The fourth-order valence-corrected chi connectivity index (χ4v) is 4.03. The van der Waals surface area contributed by atoms with Crippen LogP contribution in [0.25, 0.3) is 22.2 Å². The van der Waals surface area contributed by atoms with Gasteiger partial charge in [-0.2, -0.15) is 0 Å². The second kappa shape index (κ2) is 7.95. The second-order valence-electron chi connectivity index (χ2n) is 6.17. The molecule has 0 bridgehead atoms. The molecule has 0 unspecified atom stereocenters. The van der Waals surface area contributed by atoms with Gasteiger partial charge < -0.3 is 0 Å². The molecule has 0 aliphatic heterocycles. The zero-order chi connectivity index (χ0) is 19.7. The Labute approximate surface area is 176 Å². The molecule has 0 radical (unpaired) electrons. The summed E-state index contributed by atoms with van der Waals surface area (Å²) in [5.41, 5.74) is 2.34. The Kier molecular flexibility index (Phi) is 5.40. The van der Waals surface area contributed by atoms with E-state index in [0.717, 1.165) is 10.9 Å². The molecule has 7 heteroatoms. The van der Waals surface area contributed by atoms with Gasteiger partial charge in [0.05, 0.1) is 22.2 Å². The van der Waals surface area contributed by atoms with E-state index in [1.54, 1.807) is 35.0 Å². The highest BCUT2D eigenvalue weighted by atomic mass is 35.5. The molecule has 0 aliphatic rings. The van der Waals surface area contributed by atoms with Crippen molar-refractivity contribution in [1.82, 2.24) is 14.5 Å². The number of nitrogens with zero attached hydrogens (tertiary/aromatic N) is 3. The van der Waals surface area contributed by atoms with Gasteiger partial charge in [0, 0.05) is 17.1 Å². The smallest absolute Gasteiger partial charge is 0.260 e. The van der Waals surface area contributed by atoms with Crippen molar-refractivity contribution in [2.75, 3.05) is 6.26 Å². The summed E-state index contributed by atoms with van der Waals surface area (Å²) in [6.07, 6.45) is 3.63. The van der Waals surface area contributed by atoms with Gasteiger partial charge in [-0.25, -0.2) is 9.97 Å². The summed E-state index contributed by atoms with van der Waals surface area (Å²) in [7, 11) is 0. The van der Waals surface area contributed by atoms with Crippen LogP contribution in [-0.4, -0.2) is 20.8 Å². The summed E-state index contributed by atoms with van der Waals surface area (Å²) in [6.45, 7) is 0.386. The number of pyridine rings is 1. The fourth-order valence-electron chi connectivity index (χ4n) is 3.09. The van der Waals surface area contributed by atoms with Crippen LogP contribution in [0.15, 0.2) is 70.7 Å². The number of benzene rings is 2. The Bertz CT molecular complexity index is 1210. The monoisotopic (exact) mass is 427 g/mol. The van der Waals surface area contributed by atoms with E-state index in [1.165, 1.54) is 11.8 Å². The number of rotatable bonds is 4. The van der Waals surface area contributed by atoms with Crippen LogP contribution in [0.5, 0.6) is 0 Å². The van der Waals surface area contributed by atoms with Crippen molar-refractivity contribution in [1.29, 1.82) is 0 Å².